The van der Waals surface area contributed by atoms with Crippen molar-refractivity contribution in [3.8, 4) is 0 Å². The van der Waals surface area contributed by atoms with E-state index in [-0.39, 0.29) is 13.4 Å². The molecule has 7 N–H and O–H groups in total. The molecule has 0 aromatic carbocycles. The van der Waals surface area contributed by atoms with E-state index in [9.17, 15) is 4.79 Å². The smallest absolute Gasteiger partial charge is 0.320 e. The van der Waals surface area contributed by atoms with Crippen molar-refractivity contribution in [3.05, 3.63) is 0 Å². The number of nitrogens with two attached hydrogens (primary N) is 2. The summed E-state index contributed by atoms with van der Waals surface area (Å²) < 4.78 is 0. The van der Waals surface area contributed by atoms with Crippen LogP contribution >= 0.6 is 0 Å². The molecule has 78 valence electrons. The molecule has 0 rings (SSSR count). The predicted molar refractivity (Wildman–Crippen MR) is 51.5 cm³/mol. The van der Waals surface area contributed by atoms with Gasteiger partial charge in [0.1, 0.15) is 6.04 Å². The third-order valence-electron chi connectivity index (χ3n) is 1.32. The second kappa shape index (κ2) is 7.35. The van der Waals surface area contributed by atoms with Gasteiger partial charge in [-0.15, -0.1) is 0 Å². The van der Waals surface area contributed by atoms with Crippen LogP contribution in [0.25, 0.3) is 0 Å². The predicted octanol–water partition coefficient (Wildman–Crippen LogP) is -0.702. The maximum Gasteiger partial charge on any atom is 0.320 e. The Kier molecular flexibility index (Phi) is 8.05. The Morgan fingerprint density at radius 1 is 1.62 bits per heavy atom. The van der Waals surface area contributed by atoms with Crippen molar-refractivity contribution < 1.29 is 9.90 Å². The standard InChI is InChI=1S/C6H14N4O2.CH4/c7-4(5(11)12)2-1-3-10-6(8)9;/h4H,1-3,7H2,(H,11,12)(H4,8,9,10);1H4/t4-;/m0./s1. The van der Waals surface area contributed by atoms with Gasteiger partial charge in [-0.3, -0.25) is 10.2 Å². The molecule has 0 spiro atoms. The van der Waals surface area contributed by atoms with Crippen LogP contribution in [-0.2, 0) is 4.79 Å². The van der Waals surface area contributed by atoms with E-state index in [1.54, 1.807) is 0 Å². The molecule has 0 aliphatic rings. The van der Waals surface area contributed by atoms with Crippen LogP contribution in [0.5, 0.6) is 0 Å². The van der Waals surface area contributed by atoms with Gasteiger partial charge >= 0.3 is 5.97 Å². The first-order valence-electron chi connectivity index (χ1n) is 3.60. The van der Waals surface area contributed by atoms with Crippen LogP contribution < -0.4 is 16.8 Å². The maximum absolute atomic E-state index is 10.2. The van der Waals surface area contributed by atoms with Crippen molar-refractivity contribution in [2.24, 2.45) is 11.5 Å². The van der Waals surface area contributed by atoms with E-state index < -0.39 is 12.0 Å². The van der Waals surface area contributed by atoms with Gasteiger partial charge in [-0.05, 0) is 12.8 Å². The Morgan fingerprint density at radius 2 is 2.15 bits per heavy atom. The number of hydrogen-bond donors (Lipinski definition) is 5. The second-order valence-electron chi connectivity index (χ2n) is 2.43. The van der Waals surface area contributed by atoms with E-state index in [4.69, 9.17) is 22.0 Å². The Labute approximate surface area is 77.8 Å². The molecule has 0 saturated heterocycles. The quantitative estimate of drug-likeness (QED) is 0.222. The van der Waals surface area contributed by atoms with E-state index in [0.717, 1.165) is 0 Å². The molecular weight excluding hydrogens is 172 g/mol. The number of carboxylic acid groups (broad SMARTS) is 1. The number of aliphatic carboxylic acids is 1. The average molecular weight is 190 g/mol. The van der Waals surface area contributed by atoms with Gasteiger partial charge in [0.2, 0.25) is 0 Å². The molecule has 0 unspecified atom stereocenters. The summed E-state index contributed by atoms with van der Waals surface area (Å²) in [6, 6.07) is -0.821. The highest BCUT2D eigenvalue weighted by atomic mass is 16.4. The van der Waals surface area contributed by atoms with Gasteiger partial charge < -0.3 is 21.9 Å². The lowest BCUT2D eigenvalue weighted by Crippen LogP contribution is -2.34. The Bertz CT molecular complexity index is 172. The third-order valence-corrected chi connectivity index (χ3v) is 1.32. The first-order chi connectivity index (χ1) is 5.54. The molecule has 0 fully saturated rings. The molecule has 6 nitrogen and oxygen atoms in total. The van der Waals surface area contributed by atoms with Gasteiger partial charge in [0.05, 0.1) is 0 Å². The van der Waals surface area contributed by atoms with Crippen LogP contribution in [-0.4, -0.2) is 29.6 Å². The van der Waals surface area contributed by atoms with Crippen molar-refractivity contribution in [2.75, 3.05) is 6.54 Å². The highest BCUT2D eigenvalue weighted by molar-refractivity contribution is 5.74. The molecule has 6 heteroatoms. The molecule has 0 heterocycles. The Hall–Kier alpha value is -1.30. The zero-order chi connectivity index (χ0) is 9.56. The molecule has 0 aliphatic heterocycles. The minimum atomic E-state index is -1.00. The fourth-order valence-electron chi connectivity index (χ4n) is 0.669. The number of carbonyl (C=O) groups is 1. The normalized spacial score (nSPS) is 11.2. The topological polar surface area (TPSA) is 125 Å². The summed E-state index contributed by atoms with van der Waals surface area (Å²) in [5, 5.41) is 17.7. The lowest BCUT2D eigenvalue weighted by atomic mass is 10.2. The molecule has 0 aromatic heterocycles. The van der Waals surface area contributed by atoms with E-state index >= 15 is 0 Å². The summed E-state index contributed by atoms with van der Waals surface area (Å²) >= 11 is 0. The number of rotatable bonds is 5. The number of nitrogens with one attached hydrogen (secondary N) is 2. The largest absolute Gasteiger partial charge is 0.480 e. The Balaban J connectivity index is 0. The van der Waals surface area contributed by atoms with Gasteiger partial charge in [0.15, 0.2) is 5.96 Å². The van der Waals surface area contributed by atoms with Crippen molar-refractivity contribution in [1.29, 1.82) is 5.41 Å². The summed E-state index contributed by atoms with van der Waals surface area (Å²) in [4.78, 5) is 10.2. The number of hydrogen-bond acceptors (Lipinski definition) is 3. The minimum Gasteiger partial charge on any atom is -0.480 e. The molecule has 0 amide bonds. The monoisotopic (exact) mass is 190 g/mol. The maximum atomic E-state index is 10.2. The fourth-order valence-corrected chi connectivity index (χ4v) is 0.669. The summed E-state index contributed by atoms with van der Waals surface area (Å²) in [7, 11) is 0. The van der Waals surface area contributed by atoms with E-state index in [1.807, 2.05) is 0 Å². The van der Waals surface area contributed by atoms with Gasteiger partial charge in [-0.25, -0.2) is 0 Å². The summed E-state index contributed by atoms with van der Waals surface area (Å²) in [5.74, 6) is -1.11. The van der Waals surface area contributed by atoms with Crippen molar-refractivity contribution in [1.82, 2.24) is 5.32 Å². The zero-order valence-corrected chi connectivity index (χ0v) is 6.71. The molecule has 13 heavy (non-hydrogen) atoms. The first-order valence-corrected chi connectivity index (χ1v) is 3.60. The van der Waals surface area contributed by atoms with Crippen LogP contribution in [0.3, 0.4) is 0 Å². The van der Waals surface area contributed by atoms with Crippen molar-refractivity contribution in [3.63, 3.8) is 0 Å². The van der Waals surface area contributed by atoms with Crippen LogP contribution in [0.4, 0.5) is 0 Å². The highest BCUT2D eigenvalue weighted by Gasteiger charge is 2.09. The van der Waals surface area contributed by atoms with E-state index in [1.165, 1.54) is 0 Å². The van der Waals surface area contributed by atoms with Gasteiger partial charge in [-0.2, -0.15) is 0 Å². The van der Waals surface area contributed by atoms with Crippen LogP contribution in [0.15, 0.2) is 0 Å². The summed E-state index contributed by atoms with van der Waals surface area (Å²) in [5.41, 5.74) is 10.2. The van der Waals surface area contributed by atoms with E-state index in [2.05, 4.69) is 5.32 Å². The van der Waals surface area contributed by atoms with Crippen molar-refractivity contribution >= 4 is 11.9 Å². The van der Waals surface area contributed by atoms with Gasteiger partial charge in [0, 0.05) is 6.54 Å². The average Bonchev–Trinajstić information content (AvgIpc) is 1.97. The summed E-state index contributed by atoms with van der Waals surface area (Å²) in [6.45, 7) is 0.482. The van der Waals surface area contributed by atoms with Crippen LogP contribution in [0.2, 0.25) is 0 Å². The lowest BCUT2D eigenvalue weighted by Gasteiger charge is -2.06. The minimum absolute atomic E-state index is 0. The SMILES string of the molecule is C.N=C(N)NCCC[C@H](N)C(=O)O. The fraction of sp³-hybridized carbons (Fsp3) is 0.714. The molecule has 0 aromatic rings. The van der Waals surface area contributed by atoms with E-state index in [0.29, 0.717) is 19.4 Å². The molecule has 1 atom stereocenters. The van der Waals surface area contributed by atoms with Gasteiger partial charge in [-0.1, -0.05) is 7.43 Å². The molecule has 0 aliphatic carbocycles. The molecule has 0 saturated carbocycles. The van der Waals surface area contributed by atoms with Crippen LogP contribution in [0.1, 0.15) is 20.3 Å². The summed E-state index contributed by atoms with van der Waals surface area (Å²) in [6.07, 6.45) is 0.975. The number of carboxylic acids is 1. The molecule has 0 radical (unpaired) electrons. The van der Waals surface area contributed by atoms with Crippen LogP contribution in [0, 0.1) is 5.41 Å². The number of guanidine groups is 1. The molecule has 0 bridgehead atoms. The van der Waals surface area contributed by atoms with Crippen molar-refractivity contribution in [2.45, 2.75) is 26.3 Å². The second-order valence-corrected chi connectivity index (χ2v) is 2.43. The molecular formula is C7H18N4O2. The van der Waals surface area contributed by atoms with Gasteiger partial charge in [0.25, 0.3) is 0 Å². The first kappa shape index (κ1) is 14.2. The third kappa shape index (κ3) is 8.61. The zero-order valence-electron chi connectivity index (χ0n) is 6.71. The Morgan fingerprint density at radius 3 is 2.54 bits per heavy atom. The lowest BCUT2D eigenvalue weighted by molar-refractivity contribution is -0.138. The highest BCUT2D eigenvalue weighted by Crippen LogP contribution is 1.92.